The molecule has 1 heterocycles. The van der Waals surface area contributed by atoms with Crippen molar-refractivity contribution in [2.24, 2.45) is 0 Å². The number of benzene rings is 3. The van der Waals surface area contributed by atoms with E-state index in [1.54, 1.807) is 18.2 Å². The number of rotatable bonds is 5. The number of nitro benzene ring substituents is 1. The molecule has 2 amide bonds. The van der Waals surface area contributed by atoms with Crippen molar-refractivity contribution >= 4 is 51.7 Å². The van der Waals surface area contributed by atoms with Crippen LogP contribution in [0.1, 0.15) is 11.1 Å². The second-order valence-corrected chi connectivity index (χ2v) is 7.48. The van der Waals surface area contributed by atoms with E-state index in [4.69, 9.17) is 17.0 Å². The number of amides is 2. The van der Waals surface area contributed by atoms with Crippen molar-refractivity contribution in [1.29, 1.82) is 0 Å². The van der Waals surface area contributed by atoms with E-state index in [9.17, 15) is 19.7 Å². The van der Waals surface area contributed by atoms with E-state index >= 15 is 0 Å². The molecule has 0 spiro atoms. The zero-order valence-corrected chi connectivity index (χ0v) is 17.7. The Kier molecular flexibility index (Phi) is 5.65. The van der Waals surface area contributed by atoms with Gasteiger partial charge in [-0.15, -0.1) is 0 Å². The lowest BCUT2D eigenvalue weighted by Crippen LogP contribution is -2.52. The Morgan fingerprint density at radius 3 is 2.53 bits per heavy atom. The van der Waals surface area contributed by atoms with Gasteiger partial charge in [-0.2, -0.15) is 0 Å². The van der Waals surface area contributed by atoms with Crippen LogP contribution >= 0.6 is 12.2 Å². The summed E-state index contributed by atoms with van der Waals surface area (Å²) in [5, 5.41) is 15.1. The number of nitrogens with one attached hydrogen (secondary N) is 1. The molecule has 8 nitrogen and oxygen atoms in total. The molecule has 4 rings (SSSR count). The fourth-order valence-electron chi connectivity index (χ4n) is 3.32. The summed E-state index contributed by atoms with van der Waals surface area (Å²) >= 11 is 5.00. The van der Waals surface area contributed by atoms with Gasteiger partial charge in [0.25, 0.3) is 17.5 Å². The quantitative estimate of drug-likeness (QED) is 0.211. The molecule has 1 fully saturated rings. The maximum Gasteiger partial charge on any atom is 0.269 e. The van der Waals surface area contributed by atoms with E-state index in [2.05, 4.69) is 5.32 Å². The summed E-state index contributed by atoms with van der Waals surface area (Å²) in [5.74, 6) is -0.619. The molecule has 3 aromatic carbocycles. The molecule has 9 heteroatoms. The summed E-state index contributed by atoms with van der Waals surface area (Å²) in [7, 11) is 1.49. The Morgan fingerprint density at radius 2 is 1.81 bits per heavy atom. The zero-order chi connectivity index (χ0) is 22.8. The lowest BCUT2D eigenvalue weighted by molar-refractivity contribution is -0.384. The molecule has 32 heavy (non-hydrogen) atoms. The summed E-state index contributed by atoms with van der Waals surface area (Å²) in [4.78, 5) is 36.7. The predicted molar refractivity (Wildman–Crippen MR) is 123 cm³/mol. The molecule has 0 aliphatic carbocycles. The molecular weight excluding hydrogens is 430 g/mol. The van der Waals surface area contributed by atoms with Gasteiger partial charge in [-0.25, -0.2) is 0 Å². The SMILES string of the molecule is CN1C(=O)/C(=C/c2c(OCc3ccc([N+](=O)[O-])cc3)ccc3ccccc23)C(=O)NC1=S. The van der Waals surface area contributed by atoms with Crippen molar-refractivity contribution in [2.75, 3.05) is 7.05 Å². The molecule has 0 unspecified atom stereocenters. The lowest BCUT2D eigenvalue weighted by atomic mass is 10.00. The van der Waals surface area contributed by atoms with Crippen molar-refractivity contribution in [3.8, 4) is 5.75 Å². The van der Waals surface area contributed by atoms with E-state index in [0.29, 0.717) is 11.3 Å². The van der Waals surface area contributed by atoms with Crippen LogP contribution in [0.4, 0.5) is 5.69 Å². The molecule has 0 radical (unpaired) electrons. The molecule has 0 atom stereocenters. The van der Waals surface area contributed by atoms with E-state index in [1.807, 2.05) is 30.3 Å². The number of fused-ring (bicyclic) bond motifs is 1. The van der Waals surface area contributed by atoms with Crippen LogP contribution in [0.15, 0.2) is 66.2 Å². The highest BCUT2D eigenvalue weighted by Gasteiger charge is 2.31. The van der Waals surface area contributed by atoms with Gasteiger partial charge in [0.1, 0.15) is 17.9 Å². The smallest absolute Gasteiger partial charge is 0.269 e. The molecule has 1 aliphatic rings. The summed E-state index contributed by atoms with van der Waals surface area (Å²) in [6, 6.07) is 17.2. The van der Waals surface area contributed by atoms with Crippen molar-refractivity contribution in [3.05, 3.63) is 87.5 Å². The number of thiocarbonyl (C=S) groups is 1. The first kappa shape index (κ1) is 21.1. The third-order valence-corrected chi connectivity index (χ3v) is 5.44. The number of hydrogen-bond donors (Lipinski definition) is 1. The van der Waals surface area contributed by atoms with Crippen LogP contribution in [0.2, 0.25) is 0 Å². The highest BCUT2D eigenvalue weighted by molar-refractivity contribution is 7.80. The van der Waals surface area contributed by atoms with Gasteiger partial charge < -0.3 is 4.74 Å². The van der Waals surface area contributed by atoms with E-state index in [1.165, 1.54) is 30.2 Å². The minimum Gasteiger partial charge on any atom is -0.488 e. The first-order chi connectivity index (χ1) is 15.3. The first-order valence-electron chi connectivity index (χ1n) is 9.58. The largest absolute Gasteiger partial charge is 0.488 e. The van der Waals surface area contributed by atoms with Crippen molar-refractivity contribution in [3.63, 3.8) is 0 Å². The topological polar surface area (TPSA) is 102 Å². The van der Waals surface area contributed by atoms with Crippen molar-refractivity contribution in [1.82, 2.24) is 10.2 Å². The van der Waals surface area contributed by atoms with Gasteiger partial charge in [0.05, 0.1) is 4.92 Å². The number of ether oxygens (including phenoxy) is 1. The molecule has 0 aromatic heterocycles. The predicted octanol–water partition coefficient (Wildman–Crippen LogP) is 3.58. The Bertz CT molecular complexity index is 1300. The third kappa shape index (κ3) is 4.06. The highest BCUT2D eigenvalue weighted by atomic mass is 32.1. The number of nitrogens with zero attached hydrogens (tertiary/aromatic N) is 2. The number of non-ortho nitro benzene ring substituents is 1. The molecule has 1 aliphatic heterocycles. The summed E-state index contributed by atoms with van der Waals surface area (Å²) < 4.78 is 5.99. The van der Waals surface area contributed by atoms with E-state index in [0.717, 1.165) is 16.3 Å². The van der Waals surface area contributed by atoms with Crippen LogP contribution in [0.5, 0.6) is 5.75 Å². The molecule has 160 valence electrons. The van der Waals surface area contributed by atoms with E-state index < -0.39 is 16.7 Å². The number of carbonyl (C=O) groups excluding carboxylic acids is 2. The molecule has 3 aromatic rings. The van der Waals surface area contributed by atoms with Gasteiger partial charge in [-0.1, -0.05) is 30.3 Å². The fourth-order valence-corrected chi connectivity index (χ4v) is 3.49. The average Bonchev–Trinajstić information content (AvgIpc) is 2.79. The van der Waals surface area contributed by atoms with Crippen LogP contribution in [-0.2, 0) is 16.2 Å². The molecule has 1 saturated heterocycles. The molecule has 0 saturated carbocycles. The first-order valence-corrected chi connectivity index (χ1v) is 9.99. The number of hydrogen-bond acceptors (Lipinski definition) is 6. The summed E-state index contributed by atoms with van der Waals surface area (Å²) in [6.07, 6.45) is 1.50. The molecular formula is C23H17N3O5S. The minimum absolute atomic E-state index is 0.00580. The van der Waals surface area contributed by atoms with E-state index in [-0.39, 0.29) is 23.0 Å². The maximum atomic E-state index is 12.7. The summed E-state index contributed by atoms with van der Waals surface area (Å²) in [6.45, 7) is 0.149. The van der Waals surface area contributed by atoms with Crippen molar-refractivity contribution < 1.29 is 19.2 Å². The van der Waals surface area contributed by atoms with Crippen LogP contribution in [0.3, 0.4) is 0 Å². The fraction of sp³-hybridized carbons (Fsp3) is 0.0870. The Balaban J connectivity index is 1.73. The van der Waals surface area contributed by atoms with Crippen LogP contribution in [0.25, 0.3) is 16.8 Å². The zero-order valence-electron chi connectivity index (χ0n) is 16.9. The molecule has 1 N–H and O–H groups in total. The highest BCUT2D eigenvalue weighted by Crippen LogP contribution is 2.31. The standard InChI is InChI=1S/C23H17N3O5S/c1-25-22(28)19(21(27)24-23(25)32)12-18-17-5-3-2-4-15(17)8-11-20(18)31-13-14-6-9-16(10-7-14)26(29)30/h2-12H,13H2,1H3,(H,24,27,32)/b19-12+. The minimum atomic E-state index is -0.577. The number of likely N-dealkylation sites (N-methyl/N-ethyl adjacent to an activating group) is 1. The van der Waals surface area contributed by atoms with Crippen LogP contribution < -0.4 is 10.1 Å². The van der Waals surface area contributed by atoms with Crippen LogP contribution in [-0.4, -0.2) is 33.8 Å². The Hall–Kier alpha value is -4.11. The monoisotopic (exact) mass is 447 g/mol. The van der Waals surface area contributed by atoms with Gasteiger partial charge in [-0.3, -0.25) is 29.9 Å². The van der Waals surface area contributed by atoms with Gasteiger partial charge in [0.15, 0.2) is 5.11 Å². The normalized spacial score (nSPS) is 15.2. The maximum absolute atomic E-state index is 12.7. The van der Waals surface area contributed by atoms with Crippen LogP contribution in [0, 0.1) is 10.1 Å². The number of nitro groups is 1. The second kappa shape index (κ2) is 8.56. The Morgan fingerprint density at radius 1 is 1.09 bits per heavy atom. The average molecular weight is 447 g/mol. The van der Waals surface area contributed by atoms with Crippen molar-refractivity contribution in [2.45, 2.75) is 6.61 Å². The lowest BCUT2D eigenvalue weighted by Gasteiger charge is -2.25. The Labute approximate surface area is 188 Å². The van der Waals surface area contributed by atoms with Gasteiger partial charge in [-0.05, 0) is 52.8 Å². The number of carbonyl (C=O) groups is 2. The summed E-state index contributed by atoms with van der Waals surface area (Å²) in [5.41, 5.74) is 1.25. The second-order valence-electron chi connectivity index (χ2n) is 7.09. The van der Waals surface area contributed by atoms with Gasteiger partial charge in [0.2, 0.25) is 0 Å². The third-order valence-electron chi connectivity index (χ3n) is 5.07. The molecule has 0 bridgehead atoms. The van der Waals surface area contributed by atoms with Gasteiger partial charge in [0, 0.05) is 24.7 Å². The van der Waals surface area contributed by atoms with Gasteiger partial charge >= 0.3 is 0 Å².